The van der Waals surface area contributed by atoms with Crippen molar-refractivity contribution in [3.63, 3.8) is 0 Å². The monoisotopic (exact) mass is 298 g/mol. The van der Waals surface area contributed by atoms with Crippen molar-refractivity contribution < 1.29 is 4.74 Å². The molecule has 0 unspecified atom stereocenters. The van der Waals surface area contributed by atoms with Gasteiger partial charge in [-0.2, -0.15) is 0 Å². The minimum Gasteiger partial charge on any atom is -0.492 e. The highest BCUT2D eigenvalue weighted by Gasteiger charge is 2.01. The first kappa shape index (κ1) is 11.4. The smallest absolute Gasteiger partial charge is 0.180 e. The largest absolute Gasteiger partial charge is 0.492 e. The number of rotatable bonds is 4. The zero-order valence-corrected chi connectivity index (χ0v) is 10.9. The van der Waals surface area contributed by atoms with Gasteiger partial charge >= 0.3 is 0 Å². The summed E-state index contributed by atoms with van der Waals surface area (Å²) in [6, 6.07) is 7.79. The van der Waals surface area contributed by atoms with Crippen LogP contribution in [0.15, 0.2) is 34.1 Å². The van der Waals surface area contributed by atoms with Gasteiger partial charge in [-0.25, -0.2) is 4.98 Å². The summed E-state index contributed by atoms with van der Waals surface area (Å²) in [6.45, 7) is 0.603. The highest BCUT2D eigenvalue weighted by Crippen LogP contribution is 2.23. The Morgan fingerprint density at radius 1 is 1.38 bits per heavy atom. The van der Waals surface area contributed by atoms with E-state index in [4.69, 9.17) is 10.5 Å². The van der Waals surface area contributed by atoms with Crippen LogP contribution in [-0.4, -0.2) is 11.6 Å². The highest BCUT2D eigenvalue weighted by atomic mass is 79.9. The van der Waals surface area contributed by atoms with Crippen molar-refractivity contribution in [3.05, 3.63) is 39.8 Å². The topological polar surface area (TPSA) is 48.1 Å². The SMILES string of the molecule is Nc1nc(CCOc2ccccc2Br)cs1. The number of anilines is 1. The number of hydrogen-bond acceptors (Lipinski definition) is 4. The van der Waals surface area contributed by atoms with Crippen molar-refractivity contribution in [1.29, 1.82) is 0 Å². The minimum absolute atomic E-state index is 0.603. The van der Waals surface area contributed by atoms with E-state index in [1.165, 1.54) is 11.3 Å². The lowest BCUT2D eigenvalue weighted by atomic mass is 10.3. The number of aromatic nitrogens is 1. The molecule has 2 rings (SSSR count). The van der Waals surface area contributed by atoms with E-state index in [0.717, 1.165) is 22.3 Å². The Bertz CT molecular complexity index is 473. The van der Waals surface area contributed by atoms with E-state index in [2.05, 4.69) is 20.9 Å². The standard InChI is InChI=1S/C11H11BrN2OS/c12-9-3-1-2-4-10(9)15-6-5-8-7-16-11(13)14-8/h1-4,7H,5-6H2,(H2,13,14). The van der Waals surface area contributed by atoms with E-state index in [0.29, 0.717) is 11.7 Å². The van der Waals surface area contributed by atoms with Gasteiger partial charge in [0, 0.05) is 11.8 Å². The fraction of sp³-hybridized carbons (Fsp3) is 0.182. The van der Waals surface area contributed by atoms with E-state index in [-0.39, 0.29) is 0 Å². The Labute approximate surface area is 106 Å². The van der Waals surface area contributed by atoms with Crippen LogP contribution < -0.4 is 10.5 Å². The molecule has 0 aliphatic heterocycles. The molecule has 0 aliphatic carbocycles. The average molecular weight is 299 g/mol. The maximum absolute atomic E-state index is 5.63. The second kappa shape index (κ2) is 5.32. The molecule has 5 heteroatoms. The summed E-state index contributed by atoms with van der Waals surface area (Å²) in [5.74, 6) is 0.853. The molecule has 0 bridgehead atoms. The Kier molecular flexibility index (Phi) is 3.79. The number of ether oxygens (including phenoxy) is 1. The molecular weight excluding hydrogens is 288 g/mol. The highest BCUT2D eigenvalue weighted by molar-refractivity contribution is 9.10. The van der Waals surface area contributed by atoms with Crippen molar-refractivity contribution in [2.24, 2.45) is 0 Å². The molecule has 1 heterocycles. The summed E-state index contributed by atoms with van der Waals surface area (Å²) in [4.78, 5) is 4.17. The Balaban J connectivity index is 1.87. The van der Waals surface area contributed by atoms with E-state index < -0.39 is 0 Å². The summed E-state index contributed by atoms with van der Waals surface area (Å²) in [7, 11) is 0. The lowest BCUT2D eigenvalue weighted by Crippen LogP contribution is -2.02. The number of nitrogen functional groups attached to an aromatic ring is 1. The van der Waals surface area contributed by atoms with Crippen LogP contribution in [0.4, 0.5) is 5.13 Å². The first-order valence-electron chi connectivity index (χ1n) is 4.83. The summed E-state index contributed by atoms with van der Waals surface area (Å²) in [6.07, 6.45) is 0.773. The molecule has 2 N–H and O–H groups in total. The van der Waals surface area contributed by atoms with Gasteiger partial charge in [-0.05, 0) is 28.1 Å². The molecule has 0 atom stereocenters. The molecule has 0 amide bonds. The van der Waals surface area contributed by atoms with Crippen LogP contribution in [0.2, 0.25) is 0 Å². The van der Waals surface area contributed by atoms with E-state index in [1.807, 2.05) is 29.6 Å². The van der Waals surface area contributed by atoms with Crippen LogP contribution in [-0.2, 0) is 6.42 Å². The molecule has 0 aliphatic rings. The molecule has 1 aromatic carbocycles. The van der Waals surface area contributed by atoms with Crippen molar-refractivity contribution in [1.82, 2.24) is 4.98 Å². The number of para-hydroxylation sites is 1. The maximum Gasteiger partial charge on any atom is 0.180 e. The summed E-state index contributed by atoms with van der Waals surface area (Å²) >= 11 is 4.88. The van der Waals surface area contributed by atoms with E-state index in [9.17, 15) is 0 Å². The van der Waals surface area contributed by atoms with Gasteiger partial charge in [-0.3, -0.25) is 0 Å². The summed E-state index contributed by atoms with van der Waals surface area (Å²) in [5, 5.41) is 2.56. The molecule has 0 radical (unpaired) electrons. The predicted octanol–water partition coefficient (Wildman–Crippen LogP) is 3.11. The third kappa shape index (κ3) is 2.96. The van der Waals surface area contributed by atoms with Crippen LogP contribution >= 0.6 is 27.3 Å². The second-order valence-electron chi connectivity index (χ2n) is 3.21. The average Bonchev–Trinajstić information content (AvgIpc) is 2.67. The third-order valence-electron chi connectivity index (χ3n) is 2.02. The zero-order valence-electron chi connectivity index (χ0n) is 8.52. The molecule has 16 heavy (non-hydrogen) atoms. The number of hydrogen-bond donors (Lipinski definition) is 1. The fourth-order valence-corrected chi connectivity index (χ4v) is 2.26. The van der Waals surface area contributed by atoms with Gasteiger partial charge in [0.1, 0.15) is 5.75 Å². The molecule has 3 nitrogen and oxygen atoms in total. The minimum atomic E-state index is 0.603. The second-order valence-corrected chi connectivity index (χ2v) is 4.95. The van der Waals surface area contributed by atoms with E-state index in [1.54, 1.807) is 0 Å². The zero-order chi connectivity index (χ0) is 11.4. The number of benzene rings is 1. The first-order valence-corrected chi connectivity index (χ1v) is 6.50. The van der Waals surface area contributed by atoms with Gasteiger partial charge in [-0.1, -0.05) is 12.1 Å². The van der Waals surface area contributed by atoms with Gasteiger partial charge in [0.15, 0.2) is 5.13 Å². The normalized spacial score (nSPS) is 10.3. The van der Waals surface area contributed by atoms with Gasteiger partial charge in [-0.15, -0.1) is 11.3 Å². The van der Waals surface area contributed by atoms with Crippen LogP contribution in [0, 0.1) is 0 Å². The van der Waals surface area contributed by atoms with Crippen molar-refractivity contribution in [2.75, 3.05) is 12.3 Å². The van der Waals surface area contributed by atoms with Gasteiger partial charge in [0.2, 0.25) is 0 Å². The molecule has 1 aromatic heterocycles. The van der Waals surface area contributed by atoms with Crippen molar-refractivity contribution >= 4 is 32.4 Å². The summed E-state index contributed by atoms with van der Waals surface area (Å²) < 4.78 is 6.59. The van der Waals surface area contributed by atoms with Crippen LogP contribution in [0.1, 0.15) is 5.69 Å². The molecule has 0 spiro atoms. The van der Waals surface area contributed by atoms with Gasteiger partial charge < -0.3 is 10.5 Å². The fourth-order valence-electron chi connectivity index (χ4n) is 1.26. The third-order valence-corrected chi connectivity index (χ3v) is 3.40. The van der Waals surface area contributed by atoms with Crippen LogP contribution in [0.25, 0.3) is 0 Å². The quantitative estimate of drug-likeness (QED) is 0.943. The first-order chi connectivity index (χ1) is 7.75. The van der Waals surface area contributed by atoms with Crippen LogP contribution in [0.3, 0.4) is 0 Å². The number of nitrogens with zero attached hydrogens (tertiary/aromatic N) is 1. The molecule has 0 saturated heterocycles. The lowest BCUT2D eigenvalue weighted by molar-refractivity contribution is 0.319. The lowest BCUT2D eigenvalue weighted by Gasteiger charge is -2.06. The van der Waals surface area contributed by atoms with Gasteiger partial charge in [0.25, 0.3) is 0 Å². The van der Waals surface area contributed by atoms with Crippen LogP contribution in [0.5, 0.6) is 5.75 Å². The molecular formula is C11H11BrN2OS. The Morgan fingerprint density at radius 2 is 2.19 bits per heavy atom. The number of thiazole rings is 1. The van der Waals surface area contributed by atoms with Gasteiger partial charge in [0.05, 0.1) is 16.8 Å². The molecule has 0 fully saturated rings. The molecule has 2 aromatic rings. The Hall–Kier alpha value is -1.07. The number of halogens is 1. The number of nitrogens with two attached hydrogens (primary N) is 1. The predicted molar refractivity (Wildman–Crippen MR) is 69.9 cm³/mol. The van der Waals surface area contributed by atoms with Crippen molar-refractivity contribution in [3.8, 4) is 5.75 Å². The molecule has 84 valence electrons. The maximum atomic E-state index is 5.63. The Morgan fingerprint density at radius 3 is 2.88 bits per heavy atom. The molecule has 0 saturated carbocycles. The van der Waals surface area contributed by atoms with Crippen molar-refractivity contribution in [2.45, 2.75) is 6.42 Å². The van der Waals surface area contributed by atoms with E-state index >= 15 is 0 Å². The summed E-state index contributed by atoms with van der Waals surface area (Å²) in [5.41, 5.74) is 6.53.